The van der Waals surface area contributed by atoms with Crippen LogP contribution in [0.1, 0.15) is 26.7 Å². The van der Waals surface area contributed by atoms with Gasteiger partial charge in [0.1, 0.15) is 0 Å². The van der Waals surface area contributed by atoms with Gasteiger partial charge in [0.25, 0.3) is 0 Å². The van der Waals surface area contributed by atoms with E-state index in [1.807, 2.05) is 16.7 Å². The highest BCUT2D eigenvalue weighted by molar-refractivity contribution is 8.15. The molecule has 7 heteroatoms. The van der Waals surface area contributed by atoms with Crippen LogP contribution in [0.5, 0.6) is 0 Å². The minimum absolute atomic E-state index is 0.118. The van der Waals surface area contributed by atoms with Crippen LogP contribution >= 0.6 is 11.8 Å². The van der Waals surface area contributed by atoms with Gasteiger partial charge >= 0.3 is 5.97 Å². The van der Waals surface area contributed by atoms with Gasteiger partial charge in [-0.05, 0) is 26.7 Å². The zero-order chi connectivity index (χ0) is 16.6. The summed E-state index contributed by atoms with van der Waals surface area (Å²) in [5.41, 5.74) is 0. The van der Waals surface area contributed by atoms with E-state index in [0.29, 0.717) is 13.1 Å². The van der Waals surface area contributed by atoms with Crippen molar-refractivity contribution in [1.82, 2.24) is 9.80 Å². The molecule has 128 valence electrons. The van der Waals surface area contributed by atoms with Crippen LogP contribution in [0.4, 0.5) is 0 Å². The molecule has 1 amide bonds. The number of amidine groups is 1. The van der Waals surface area contributed by atoms with Crippen LogP contribution in [0, 0.1) is 11.8 Å². The highest BCUT2D eigenvalue weighted by Crippen LogP contribution is 2.37. The van der Waals surface area contributed by atoms with Crippen LogP contribution in [-0.2, 0) is 14.3 Å². The molecule has 1 saturated heterocycles. The van der Waals surface area contributed by atoms with Crippen LogP contribution in [0.3, 0.4) is 0 Å². The smallest absolute Gasteiger partial charge is 0.309 e. The normalized spacial score (nSPS) is 29.8. The van der Waals surface area contributed by atoms with E-state index in [0.717, 1.165) is 37.6 Å². The lowest BCUT2D eigenvalue weighted by atomic mass is 9.72. The van der Waals surface area contributed by atoms with E-state index < -0.39 is 0 Å². The Kier molecular flexibility index (Phi) is 4.58. The Bertz CT molecular complexity index is 527. The zero-order valence-corrected chi connectivity index (χ0v) is 14.9. The third-order valence-electron chi connectivity index (χ3n) is 4.92. The van der Waals surface area contributed by atoms with Crippen LogP contribution in [0.2, 0.25) is 0 Å². The van der Waals surface area contributed by atoms with Crippen molar-refractivity contribution in [2.45, 2.75) is 31.4 Å². The Labute approximate surface area is 141 Å². The lowest BCUT2D eigenvalue weighted by Gasteiger charge is -2.41. The molecule has 2 heterocycles. The van der Waals surface area contributed by atoms with Gasteiger partial charge in [-0.3, -0.25) is 14.6 Å². The van der Waals surface area contributed by atoms with Crippen LogP contribution < -0.4 is 0 Å². The molecule has 3 rings (SSSR count). The molecule has 0 unspecified atom stereocenters. The first-order valence-electron chi connectivity index (χ1n) is 8.26. The lowest BCUT2D eigenvalue weighted by Crippen LogP contribution is -2.54. The summed E-state index contributed by atoms with van der Waals surface area (Å²) in [5, 5.41) is 1.11. The first kappa shape index (κ1) is 16.6. The molecular formula is C16H25N3O3S. The Morgan fingerprint density at radius 2 is 1.83 bits per heavy atom. The number of hydrogen-bond donors (Lipinski definition) is 0. The van der Waals surface area contributed by atoms with Gasteiger partial charge in [0, 0.05) is 30.9 Å². The molecule has 0 bridgehead atoms. The van der Waals surface area contributed by atoms with E-state index in [1.54, 1.807) is 0 Å². The van der Waals surface area contributed by atoms with Crippen molar-refractivity contribution in [3.63, 3.8) is 0 Å². The van der Waals surface area contributed by atoms with Crippen LogP contribution in [0.15, 0.2) is 4.99 Å². The first-order valence-corrected chi connectivity index (χ1v) is 9.08. The second kappa shape index (κ2) is 6.34. The molecule has 2 fully saturated rings. The Morgan fingerprint density at radius 1 is 1.17 bits per heavy atom. The molecule has 0 aromatic carbocycles. The number of rotatable bonds is 2. The summed E-state index contributed by atoms with van der Waals surface area (Å²) >= 11 is 1.82. The van der Waals surface area contributed by atoms with Gasteiger partial charge in [0.2, 0.25) is 5.91 Å². The molecule has 0 aromatic heterocycles. The molecule has 23 heavy (non-hydrogen) atoms. The maximum atomic E-state index is 12.6. The van der Waals surface area contributed by atoms with E-state index in [2.05, 4.69) is 23.7 Å². The molecule has 3 aliphatic rings. The van der Waals surface area contributed by atoms with Gasteiger partial charge in [-0.1, -0.05) is 11.8 Å². The molecule has 6 nitrogen and oxygen atoms in total. The third kappa shape index (κ3) is 3.34. The summed E-state index contributed by atoms with van der Waals surface area (Å²) in [6.45, 7) is 8.34. The van der Waals surface area contributed by atoms with E-state index in [9.17, 15) is 9.59 Å². The van der Waals surface area contributed by atoms with Crippen molar-refractivity contribution in [3.05, 3.63) is 0 Å². The predicted molar refractivity (Wildman–Crippen MR) is 90.4 cm³/mol. The quantitative estimate of drug-likeness (QED) is 0.708. The van der Waals surface area contributed by atoms with Crippen LogP contribution in [-0.4, -0.2) is 71.4 Å². The predicted octanol–water partition coefficient (Wildman–Crippen LogP) is 1.21. The highest BCUT2D eigenvalue weighted by Gasteiger charge is 2.44. The molecule has 2 aliphatic heterocycles. The van der Waals surface area contributed by atoms with E-state index in [-0.39, 0.29) is 28.5 Å². The Morgan fingerprint density at radius 3 is 2.30 bits per heavy atom. The molecule has 1 aliphatic carbocycles. The number of amides is 1. The second-order valence-electron chi connectivity index (χ2n) is 7.09. The fraction of sp³-hybridized carbons (Fsp3) is 0.812. The maximum Gasteiger partial charge on any atom is 0.309 e. The van der Waals surface area contributed by atoms with E-state index >= 15 is 0 Å². The van der Waals surface area contributed by atoms with Gasteiger partial charge in [-0.25, -0.2) is 0 Å². The van der Waals surface area contributed by atoms with Crippen molar-refractivity contribution in [3.8, 4) is 0 Å². The minimum atomic E-state index is -0.243. The van der Waals surface area contributed by atoms with Crippen molar-refractivity contribution in [2.24, 2.45) is 16.8 Å². The molecule has 1 saturated carbocycles. The molecule has 0 spiro atoms. The van der Waals surface area contributed by atoms with Crippen molar-refractivity contribution in [1.29, 1.82) is 0 Å². The monoisotopic (exact) mass is 339 g/mol. The van der Waals surface area contributed by atoms with Gasteiger partial charge < -0.3 is 14.5 Å². The summed E-state index contributed by atoms with van der Waals surface area (Å²) in [7, 11) is 1.39. The van der Waals surface area contributed by atoms with E-state index in [4.69, 9.17) is 4.74 Å². The topological polar surface area (TPSA) is 62.2 Å². The number of nitrogens with zero attached hydrogens (tertiary/aromatic N) is 3. The molecule has 2 atom stereocenters. The van der Waals surface area contributed by atoms with Gasteiger partial charge in [0.15, 0.2) is 5.17 Å². The third-order valence-corrected chi connectivity index (χ3v) is 6.17. The minimum Gasteiger partial charge on any atom is -0.469 e. The first-order chi connectivity index (χ1) is 10.9. The summed E-state index contributed by atoms with van der Waals surface area (Å²) in [6, 6.07) is 0. The number of carbonyl (C=O) groups excluding carboxylic acids is 2. The van der Waals surface area contributed by atoms with Gasteiger partial charge in [0.05, 0.1) is 25.5 Å². The SMILES string of the molecule is COC(=O)[C@@H]1CC[C@@H]1C(=O)N1CCN(C2=NCC(C)(C)S2)CC1. The standard InChI is InChI=1S/C16H25N3O3S/c1-16(2)10-17-15(23-16)19-8-6-18(7-9-19)13(20)11-4-5-12(11)14(21)22-3/h11-12H,4-10H2,1-3H3/t11-,12+/m0/s1. The largest absolute Gasteiger partial charge is 0.469 e. The number of aliphatic imine (C=N–C) groups is 1. The van der Waals surface area contributed by atoms with Gasteiger partial charge in [-0.2, -0.15) is 0 Å². The lowest BCUT2D eigenvalue weighted by molar-refractivity contribution is -0.159. The average molecular weight is 339 g/mol. The summed E-state index contributed by atoms with van der Waals surface area (Å²) in [4.78, 5) is 33.1. The number of methoxy groups -OCH3 is 1. The fourth-order valence-corrected chi connectivity index (χ4v) is 4.38. The average Bonchev–Trinajstić information content (AvgIpc) is 2.86. The fourth-order valence-electron chi connectivity index (χ4n) is 3.32. The zero-order valence-electron chi connectivity index (χ0n) is 14.1. The van der Waals surface area contributed by atoms with Crippen molar-refractivity contribution < 1.29 is 14.3 Å². The molecule has 0 radical (unpaired) electrons. The number of hydrogen-bond acceptors (Lipinski definition) is 6. The molecule has 0 aromatic rings. The summed E-state index contributed by atoms with van der Waals surface area (Å²) in [6.07, 6.45) is 1.57. The number of carbonyl (C=O) groups is 2. The maximum absolute atomic E-state index is 12.6. The van der Waals surface area contributed by atoms with Crippen molar-refractivity contribution in [2.75, 3.05) is 39.8 Å². The molecule has 0 N–H and O–H groups in total. The summed E-state index contributed by atoms with van der Waals surface area (Å²) in [5.74, 6) is -0.535. The number of thioether (sulfide) groups is 1. The Hall–Kier alpha value is -1.24. The van der Waals surface area contributed by atoms with Crippen molar-refractivity contribution >= 4 is 28.8 Å². The Balaban J connectivity index is 1.51. The summed E-state index contributed by atoms with van der Waals surface area (Å²) < 4.78 is 4.97. The van der Waals surface area contributed by atoms with Gasteiger partial charge in [-0.15, -0.1) is 0 Å². The second-order valence-corrected chi connectivity index (χ2v) is 8.76. The molecular weight excluding hydrogens is 314 g/mol. The number of ether oxygens (including phenoxy) is 1. The van der Waals surface area contributed by atoms with E-state index in [1.165, 1.54) is 7.11 Å². The number of piperazine rings is 1. The highest BCUT2D eigenvalue weighted by atomic mass is 32.2. The van der Waals surface area contributed by atoms with Crippen LogP contribution in [0.25, 0.3) is 0 Å². The number of esters is 1.